The average molecular weight is 409 g/mol. The molecule has 25 heavy (non-hydrogen) atoms. The highest BCUT2D eigenvalue weighted by atomic mass is 79.9. The molecule has 0 aliphatic heterocycles. The number of nitrogens with one attached hydrogen (secondary N) is 2. The summed E-state index contributed by atoms with van der Waals surface area (Å²) in [6, 6.07) is 13.4. The van der Waals surface area contributed by atoms with Gasteiger partial charge in [0.25, 0.3) is 0 Å². The Kier molecular flexibility index (Phi) is 7.56. The SMILES string of the molecule is CCOC(=O)COc1cc(Br)c(CNNc2ccccc2)cc1OC. The van der Waals surface area contributed by atoms with Crippen molar-refractivity contribution in [1.82, 2.24) is 5.43 Å². The van der Waals surface area contributed by atoms with Gasteiger partial charge in [-0.3, -0.25) is 0 Å². The van der Waals surface area contributed by atoms with Gasteiger partial charge in [-0.2, -0.15) is 0 Å². The Morgan fingerprint density at radius 3 is 2.60 bits per heavy atom. The highest BCUT2D eigenvalue weighted by Crippen LogP contribution is 2.33. The second-order valence-corrected chi connectivity index (χ2v) is 5.89. The predicted octanol–water partition coefficient (Wildman–Crippen LogP) is 3.52. The van der Waals surface area contributed by atoms with Crippen LogP contribution in [-0.2, 0) is 16.1 Å². The highest BCUT2D eigenvalue weighted by Gasteiger charge is 2.12. The lowest BCUT2D eigenvalue weighted by atomic mass is 10.2. The topological polar surface area (TPSA) is 68.8 Å². The molecule has 6 nitrogen and oxygen atoms in total. The molecule has 2 rings (SSSR count). The summed E-state index contributed by atoms with van der Waals surface area (Å²) in [6.45, 7) is 2.47. The minimum atomic E-state index is -0.418. The Hall–Kier alpha value is -2.25. The van der Waals surface area contributed by atoms with Gasteiger partial charge in [-0.15, -0.1) is 0 Å². The fourth-order valence-electron chi connectivity index (χ4n) is 2.09. The molecule has 0 unspecified atom stereocenters. The third-order valence-corrected chi connectivity index (χ3v) is 4.01. The first kappa shape index (κ1) is 19.1. The van der Waals surface area contributed by atoms with Crippen molar-refractivity contribution < 1.29 is 19.0 Å². The maximum Gasteiger partial charge on any atom is 0.344 e. The van der Waals surface area contributed by atoms with Crippen LogP contribution in [0.2, 0.25) is 0 Å². The summed E-state index contributed by atoms with van der Waals surface area (Å²) in [5, 5.41) is 0. The van der Waals surface area contributed by atoms with Crippen LogP contribution in [0.4, 0.5) is 5.69 Å². The van der Waals surface area contributed by atoms with E-state index in [4.69, 9.17) is 14.2 Å². The van der Waals surface area contributed by atoms with Gasteiger partial charge >= 0.3 is 5.97 Å². The van der Waals surface area contributed by atoms with Crippen LogP contribution in [0.25, 0.3) is 0 Å². The van der Waals surface area contributed by atoms with E-state index >= 15 is 0 Å². The van der Waals surface area contributed by atoms with Crippen molar-refractivity contribution in [2.75, 3.05) is 25.7 Å². The molecule has 2 aromatic carbocycles. The Morgan fingerprint density at radius 2 is 1.92 bits per heavy atom. The molecule has 134 valence electrons. The molecule has 2 N–H and O–H groups in total. The fourth-order valence-corrected chi connectivity index (χ4v) is 2.55. The lowest BCUT2D eigenvalue weighted by Gasteiger charge is -2.14. The van der Waals surface area contributed by atoms with Crippen LogP contribution in [0.15, 0.2) is 46.9 Å². The van der Waals surface area contributed by atoms with Crippen molar-refractivity contribution in [1.29, 1.82) is 0 Å². The number of esters is 1. The summed E-state index contributed by atoms with van der Waals surface area (Å²) >= 11 is 3.52. The molecular formula is C18H21BrN2O4. The quantitative estimate of drug-likeness (QED) is 0.488. The van der Waals surface area contributed by atoms with Crippen LogP contribution in [0, 0.1) is 0 Å². The van der Waals surface area contributed by atoms with Gasteiger partial charge in [-0.1, -0.05) is 34.1 Å². The van der Waals surface area contributed by atoms with Gasteiger partial charge < -0.3 is 19.6 Å². The minimum Gasteiger partial charge on any atom is -0.493 e. The van der Waals surface area contributed by atoms with Crippen LogP contribution >= 0.6 is 15.9 Å². The lowest BCUT2D eigenvalue weighted by Crippen LogP contribution is -2.21. The van der Waals surface area contributed by atoms with E-state index in [-0.39, 0.29) is 6.61 Å². The molecule has 0 spiro atoms. The first-order valence-corrected chi connectivity index (χ1v) is 8.62. The summed E-state index contributed by atoms with van der Waals surface area (Å²) in [5.74, 6) is 0.602. The van der Waals surface area contributed by atoms with Crippen molar-refractivity contribution in [2.24, 2.45) is 0 Å². The van der Waals surface area contributed by atoms with Crippen molar-refractivity contribution in [2.45, 2.75) is 13.5 Å². The highest BCUT2D eigenvalue weighted by molar-refractivity contribution is 9.10. The maximum atomic E-state index is 11.4. The molecule has 0 bridgehead atoms. The summed E-state index contributed by atoms with van der Waals surface area (Å²) in [5.41, 5.74) is 8.22. The maximum absolute atomic E-state index is 11.4. The number of carbonyl (C=O) groups excluding carboxylic acids is 1. The van der Waals surface area contributed by atoms with Crippen molar-refractivity contribution in [3.63, 3.8) is 0 Å². The number of ether oxygens (including phenoxy) is 3. The van der Waals surface area contributed by atoms with Gasteiger partial charge in [0.1, 0.15) is 0 Å². The molecule has 0 saturated heterocycles. The lowest BCUT2D eigenvalue weighted by molar-refractivity contribution is -0.145. The molecule has 0 heterocycles. The molecule has 2 aromatic rings. The van der Waals surface area contributed by atoms with Crippen molar-refractivity contribution >= 4 is 27.6 Å². The van der Waals surface area contributed by atoms with E-state index in [1.54, 1.807) is 20.1 Å². The summed E-state index contributed by atoms with van der Waals surface area (Å²) in [7, 11) is 1.56. The number of rotatable bonds is 9. The smallest absolute Gasteiger partial charge is 0.344 e. The molecule has 0 saturated carbocycles. The van der Waals surface area contributed by atoms with Crippen LogP contribution in [-0.4, -0.2) is 26.3 Å². The van der Waals surface area contributed by atoms with Gasteiger partial charge in [0.2, 0.25) is 0 Å². The van der Waals surface area contributed by atoms with Gasteiger partial charge in [-0.05, 0) is 36.8 Å². The predicted molar refractivity (Wildman–Crippen MR) is 99.7 cm³/mol. The average Bonchev–Trinajstić information content (AvgIpc) is 2.62. The molecule has 0 aliphatic carbocycles. The first-order valence-electron chi connectivity index (χ1n) is 7.82. The van der Waals surface area contributed by atoms with E-state index in [9.17, 15) is 4.79 Å². The van der Waals surface area contributed by atoms with E-state index in [0.717, 1.165) is 15.7 Å². The third-order valence-electron chi connectivity index (χ3n) is 3.27. The van der Waals surface area contributed by atoms with Crippen LogP contribution < -0.4 is 20.3 Å². The van der Waals surface area contributed by atoms with Crippen molar-refractivity contribution in [3.8, 4) is 11.5 Å². The fraction of sp³-hybridized carbons (Fsp3) is 0.278. The molecule has 0 fully saturated rings. The Balaban J connectivity index is 1.98. The third kappa shape index (κ3) is 5.95. The largest absolute Gasteiger partial charge is 0.493 e. The number of halogens is 1. The first-order chi connectivity index (χ1) is 12.1. The molecule has 7 heteroatoms. The second kappa shape index (κ2) is 9.90. The van der Waals surface area contributed by atoms with Gasteiger partial charge in [-0.25, -0.2) is 10.2 Å². The van der Waals surface area contributed by atoms with Crippen LogP contribution in [0.3, 0.4) is 0 Å². The standard InChI is InChI=1S/C18H21BrN2O4/c1-3-24-18(22)12-25-17-10-15(19)13(9-16(17)23-2)11-20-21-14-7-5-4-6-8-14/h4-10,20-21H,3,11-12H2,1-2H3. The summed E-state index contributed by atoms with van der Waals surface area (Å²) in [6.07, 6.45) is 0. The number of hydrogen-bond donors (Lipinski definition) is 2. The second-order valence-electron chi connectivity index (χ2n) is 5.03. The van der Waals surface area contributed by atoms with E-state index in [1.807, 2.05) is 36.4 Å². The molecular weight excluding hydrogens is 388 g/mol. The zero-order valence-corrected chi connectivity index (χ0v) is 15.8. The monoisotopic (exact) mass is 408 g/mol. The molecule has 0 aliphatic rings. The number of methoxy groups -OCH3 is 1. The molecule has 0 atom stereocenters. The summed E-state index contributed by atoms with van der Waals surface area (Å²) < 4.78 is 16.5. The number of para-hydroxylation sites is 1. The van der Waals surface area contributed by atoms with E-state index in [0.29, 0.717) is 24.7 Å². The Labute approximate surface area is 155 Å². The number of benzene rings is 2. The number of hydrogen-bond acceptors (Lipinski definition) is 6. The summed E-state index contributed by atoms with van der Waals surface area (Å²) in [4.78, 5) is 11.4. The zero-order chi connectivity index (χ0) is 18.1. The van der Waals surface area contributed by atoms with Crippen LogP contribution in [0.5, 0.6) is 11.5 Å². The van der Waals surface area contributed by atoms with Crippen LogP contribution in [0.1, 0.15) is 12.5 Å². The molecule has 0 radical (unpaired) electrons. The normalized spacial score (nSPS) is 10.2. The van der Waals surface area contributed by atoms with Crippen molar-refractivity contribution in [3.05, 3.63) is 52.5 Å². The Morgan fingerprint density at radius 1 is 1.16 bits per heavy atom. The number of hydrazine groups is 1. The zero-order valence-electron chi connectivity index (χ0n) is 14.2. The number of anilines is 1. The van der Waals surface area contributed by atoms with E-state index in [2.05, 4.69) is 26.8 Å². The minimum absolute atomic E-state index is 0.163. The Bertz CT molecular complexity index is 695. The van der Waals surface area contributed by atoms with E-state index in [1.165, 1.54) is 0 Å². The van der Waals surface area contributed by atoms with Gasteiger partial charge in [0.15, 0.2) is 18.1 Å². The van der Waals surface area contributed by atoms with E-state index < -0.39 is 5.97 Å². The molecule has 0 amide bonds. The van der Waals surface area contributed by atoms with Gasteiger partial charge in [0, 0.05) is 16.7 Å². The van der Waals surface area contributed by atoms with Gasteiger partial charge in [0.05, 0.1) is 13.7 Å². The molecule has 0 aromatic heterocycles. The number of carbonyl (C=O) groups is 1.